The summed E-state index contributed by atoms with van der Waals surface area (Å²) >= 11 is 1.62. The van der Waals surface area contributed by atoms with E-state index in [1.165, 1.54) is 7.11 Å². The van der Waals surface area contributed by atoms with Crippen LogP contribution in [0.15, 0.2) is 48.5 Å². The van der Waals surface area contributed by atoms with Crippen LogP contribution in [-0.4, -0.2) is 18.1 Å². The molecule has 0 saturated heterocycles. The van der Waals surface area contributed by atoms with Crippen molar-refractivity contribution in [3.05, 3.63) is 59.1 Å². The van der Waals surface area contributed by atoms with Gasteiger partial charge in [-0.15, -0.1) is 11.3 Å². The van der Waals surface area contributed by atoms with Crippen molar-refractivity contribution in [2.24, 2.45) is 0 Å². The molecule has 0 atom stereocenters. The van der Waals surface area contributed by atoms with Crippen LogP contribution in [0.5, 0.6) is 5.75 Å². The fourth-order valence-corrected chi connectivity index (χ4v) is 2.81. The van der Waals surface area contributed by atoms with Gasteiger partial charge in [-0.05, 0) is 36.4 Å². The third kappa shape index (κ3) is 3.03. The van der Waals surface area contributed by atoms with E-state index in [-0.39, 0.29) is 5.97 Å². The molecular formula is C16H13NO3S. The first-order valence-corrected chi connectivity index (χ1v) is 7.23. The average molecular weight is 299 g/mol. The third-order valence-electron chi connectivity index (χ3n) is 2.98. The smallest absolute Gasteiger partial charge is 0.337 e. The van der Waals surface area contributed by atoms with E-state index in [4.69, 9.17) is 4.74 Å². The molecule has 3 aromatic rings. The summed E-state index contributed by atoms with van der Waals surface area (Å²) in [7, 11) is 1.36. The lowest BCUT2D eigenvalue weighted by molar-refractivity contribution is 0.0600. The van der Waals surface area contributed by atoms with Crippen LogP contribution in [0.4, 0.5) is 0 Å². The number of esters is 1. The molecule has 0 amide bonds. The summed E-state index contributed by atoms with van der Waals surface area (Å²) in [5.74, 6) is 0.342. The molecule has 0 unspecified atom stereocenters. The van der Waals surface area contributed by atoms with Crippen molar-refractivity contribution in [2.75, 3.05) is 7.11 Å². The summed E-state index contributed by atoms with van der Waals surface area (Å²) in [6.07, 6.45) is 0. The number of rotatable bonds is 4. The maximum atomic E-state index is 11.3. The number of aromatic nitrogens is 1. The summed E-state index contributed by atoms with van der Waals surface area (Å²) in [6, 6.07) is 14.9. The van der Waals surface area contributed by atoms with Crippen molar-refractivity contribution in [2.45, 2.75) is 6.61 Å². The normalized spacial score (nSPS) is 10.5. The summed E-state index contributed by atoms with van der Waals surface area (Å²) in [5, 5.41) is 0.924. The monoisotopic (exact) mass is 299 g/mol. The largest absolute Gasteiger partial charge is 0.486 e. The predicted octanol–water partition coefficient (Wildman–Crippen LogP) is 3.66. The number of carbonyl (C=O) groups excluding carboxylic acids is 1. The zero-order valence-corrected chi connectivity index (χ0v) is 12.2. The molecule has 0 fully saturated rings. The molecule has 0 radical (unpaired) electrons. The molecule has 0 aliphatic carbocycles. The van der Waals surface area contributed by atoms with Gasteiger partial charge >= 0.3 is 5.97 Å². The zero-order valence-electron chi connectivity index (χ0n) is 11.4. The van der Waals surface area contributed by atoms with Crippen LogP contribution in [0, 0.1) is 0 Å². The maximum absolute atomic E-state index is 11.3. The first-order valence-electron chi connectivity index (χ1n) is 6.42. The number of methoxy groups -OCH3 is 1. The van der Waals surface area contributed by atoms with Gasteiger partial charge in [0.2, 0.25) is 0 Å². The van der Waals surface area contributed by atoms with E-state index in [9.17, 15) is 4.79 Å². The molecule has 0 N–H and O–H groups in total. The van der Waals surface area contributed by atoms with Gasteiger partial charge in [0, 0.05) is 0 Å². The van der Waals surface area contributed by atoms with Crippen LogP contribution in [-0.2, 0) is 11.3 Å². The summed E-state index contributed by atoms with van der Waals surface area (Å²) in [4.78, 5) is 15.8. The predicted molar refractivity (Wildman–Crippen MR) is 81.7 cm³/mol. The summed E-state index contributed by atoms with van der Waals surface area (Å²) in [6.45, 7) is 0.414. The highest BCUT2D eigenvalue weighted by Gasteiger charge is 2.06. The van der Waals surface area contributed by atoms with Gasteiger partial charge in [-0.3, -0.25) is 0 Å². The molecule has 1 aromatic heterocycles. The molecule has 21 heavy (non-hydrogen) atoms. The summed E-state index contributed by atoms with van der Waals surface area (Å²) < 4.78 is 11.5. The van der Waals surface area contributed by atoms with E-state index in [1.807, 2.05) is 24.3 Å². The van der Waals surface area contributed by atoms with Crippen LogP contribution < -0.4 is 4.74 Å². The molecule has 106 valence electrons. The molecule has 5 heteroatoms. The van der Waals surface area contributed by atoms with E-state index < -0.39 is 0 Å². The Kier molecular flexibility index (Phi) is 3.83. The highest BCUT2D eigenvalue weighted by atomic mass is 32.1. The molecule has 0 bridgehead atoms. The maximum Gasteiger partial charge on any atom is 0.337 e. The number of hydrogen-bond donors (Lipinski definition) is 0. The topological polar surface area (TPSA) is 48.4 Å². The Hall–Kier alpha value is -2.40. The standard InChI is InChI=1S/C16H13NO3S/c1-19-16(18)11-6-8-12(9-7-11)20-10-15-17-13-4-2-3-5-14(13)21-15/h2-9H,10H2,1H3. The lowest BCUT2D eigenvalue weighted by Crippen LogP contribution is -2.01. The van der Waals surface area contributed by atoms with Crippen molar-refractivity contribution in [3.63, 3.8) is 0 Å². The van der Waals surface area contributed by atoms with Crippen LogP contribution in [0.3, 0.4) is 0 Å². The van der Waals surface area contributed by atoms with Gasteiger partial charge in [-0.2, -0.15) is 0 Å². The number of hydrogen-bond acceptors (Lipinski definition) is 5. The Bertz CT molecular complexity index is 732. The van der Waals surface area contributed by atoms with E-state index in [0.717, 1.165) is 15.2 Å². The number of para-hydroxylation sites is 1. The van der Waals surface area contributed by atoms with Crippen molar-refractivity contribution >= 4 is 27.5 Å². The van der Waals surface area contributed by atoms with Crippen molar-refractivity contribution in [1.82, 2.24) is 4.98 Å². The SMILES string of the molecule is COC(=O)c1ccc(OCc2nc3ccccc3s2)cc1. The zero-order chi connectivity index (χ0) is 14.7. The van der Waals surface area contributed by atoms with E-state index >= 15 is 0 Å². The van der Waals surface area contributed by atoms with Crippen LogP contribution >= 0.6 is 11.3 Å². The number of nitrogens with zero attached hydrogens (tertiary/aromatic N) is 1. The minimum Gasteiger partial charge on any atom is -0.486 e. The third-order valence-corrected chi connectivity index (χ3v) is 3.99. The van der Waals surface area contributed by atoms with Gasteiger partial charge in [-0.1, -0.05) is 12.1 Å². The molecule has 0 aliphatic rings. The van der Waals surface area contributed by atoms with Gasteiger partial charge in [0.25, 0.3) is 0 Å². The molecular weight excluding hydrogens is 286 g/mol. The minimum atomic E-state index is -0.354. The number of fused-ring (bicyclic) bond motifs is 1. The molecule has 3 rings (SSSR count). The molecule has 0 aliphatic heterocycles. The summed E-state index contributed by atoms with van der Waals surface area (Å²) in [5.41, 5.74) is 1.49. The van der Waals surface area contributed by atoms with Crippen molar-refractivity contribution < 1.29 is 14.3 Å². The quantitative estimate of drug-likeness (QED) is 0.690. The number of carbonyl (C=O) groups is 1. The Balaban J connectivity index is 1.68. The van der Waals surface area contributed by atoms with Crippen LogP contribution in [0.1, 0.15) is 15.4 Å². The Morgan fingerprint density at radius 3 is 2.62 bits per heavy atom. The van der Waals surface area contributed by atoms with Crippen molar-refractivity contribution in [1.29, 1.82) is 0 Å². The van der Waals surface area contributed by atoms with Crippen LogP contribution in [0.2, 0.25) is 0 Å². The number of thiazole rings is 1. The first kappa shape index (κ1) is 13.6. The first-order chi connectivity index (χ1) is 10.3. The Labute approximate surface area is 126 Å². The number of ether oxygens (including phenoxy) is 2. The van der Waals surface area contributed by atoms with Gasteiger partial charge in [0.05, 0.1) is 22.9 Å². The van der Waals surface area contributed by atoms with Gasteiger partial charge in [-0.25, -0.2) is 9.78 Å². The second-order valence-corrected chi connectivity index (χ2v) is 5.50. The van der Waals surface area contributed by atoms with Gasteiger partial charge < -0.3 is 9.47 Å². The Morgan fingerprint density at radius 1 is 1.14 bits per heavy atom. The average Bonchev–Trinajstić information content (AvgIpc) is 2.95. The van der Waals surface area contributed by atoms with Crippen molar-refractivity contribution in [3.8, 4) is 5.75 Å². The Morgan fingerprint density at radius 2 is 1.90 bits per heavy atom. The highest BCUT2D eigenvalue weighted by Crippen LogP contribution is 2.23. The van der Waals surface area contributed by atoms with E-state index in [1.54, 1.807) is 35.6 Å². The fourth-order valence-electron chi connectivity index (χ4n) is 1.93. The van der Waals surface area contributed by atoms with E-state index in [0.29, 0.717) is 17.9 Å². The molecule has 0 spiro atoms. The highest BCUT2D eigenvalue weighted by molar-refractivity contribution is 7.18. The molecule has 2 aromatic carbocycles. The molecule has 0 saturated carbocycles. The van der Waals surface area contributed by atoms with Gasteiger partial charge in [0.1, 0.15) is 17.4 Å². The van der Waals surface area contributed by atoms with Crippen LogP contribution in [0.25, 0.3) is 10.2 Å². The molecule has 1 heterocycles. The second-order valence-electron chi connectivity index (χ2n) is 4.38. The minimum absolute atomic E-state index is 0.354. The second kappa shape index (κ2) is 5.93. The molecule has 4 nitrogen and oxygen atoms in total. The fraction of sp³-hybridized carbons (Fsp3) is 0.125. The van der Waals surface area contributed by atoms with Gasteiger partial charge in [0.15, 0.2) is 0 Å². The van der Waals surface area contributed by atoms with E-state index in [2.05, 4.69) is 9.72 Å². The number of benzene rings is 2. The lowest BCUT2D eigenvalue weighted by Gasteiger charge is -2.04. The lowest BCUT2D eigenvalue weighted by atomic mass is 10.2.